The van der Waals surface area contributed by atoms with E-state index in [0.717, 1.165) is 11.3 Å². The van der Waals surface area contributed by atoms with Gasteiger partial charge < -0.3 is 25.6 Å². The molecule has 1 atom stereocenters. The van der Waals surface area contributed by atoms with Crippen molar-refractivity contribution in [2.45, 2.75) is 19.4 Å². The molecule has 0 unspecified atom stereocenters. The van der Waals surface area contributed by atoms with E-state index < -0.39 is 5.91 Å². The summed E-state index contributed by atoms with van der Waals surface area (Å²) in [5, 5.41) is 2.81. The molecule has 3 heterocycles. The average Bonchev–Trinajstić information content (AvgIpc) is 3.11. The summed E-state index contributed by atoms with van der Waals surface area (Å²) < 4.78 is 5.27. The summed E-state index contributed by atoms with van der Waals surface area (Å²) in [6, 6.07) is 8.79. The van der Waals surface area contributed by atoms with Crippen molar-refractivity contribution in [3.8, 4) is 5.75 Å². The fraction of sp³-hybridized carbons (Fsp3) is 0.364. The minimum absolute atomic E-state index is 0.0134. The molecule has 0 saturated carbocycles. The van der Waals surface area contributed by atoms with Crippen molar-refractivity contribution in [1.82, 2.24) is 14.8 Å². The first-order valence-corrected chi connectivity index (χ1v) is 10.1. The van der Waals surface area contributed by atoms with Crippen LogP contribution >= 0.6 is 0 Å². The Labute approximate surface area is 180 Å². The molecule has 2 aliphatic rings. The predicted molar refractivity (Wildman–Crippen MR) is 114 cm³/mol. The van der Waals surface area contributed by atoms with E-state index in [4.69, 9.17) is 10.5 Å². The van der Waals surface area contributed by atoms with E-state index in [-0.39, 0.29) is 35.5 Å². The third kappa shape index (κ3) is 4.03. The molecule has 1 saturated heterocycles. The molecule has 2 aliphatic heterocycles. The molecule has 2 aromatic rings. The highest BCUT2D eigenvalue weighted by molar-refractivity contribution is 6.08. The van der Waals surface area contributed by atoms with Crippen molar-refractivity contribution in [1.29, 1.82) is 0 Å². The van der Waals surface area contributed by atoms with E-state index in [1.54, 1.807) is 41.1 Å². The fourth-order valence-electron chi connectivity index (χ4n) is 4.08. The van der Waals surface area contributed by atoms with E-state index in [2.05, 4.69) is 10.3 Å². The predicted octanol–water partition coefficient (Wildman–Crippen LogP) is 1.29. The molecule has 31 heavy (non-hydrogen) atoms. The molecule has 0 aliphatic carbocycles. The van der Waals surface area contributed by atoms with Gasteiger partial charge in [-0.1, -0.05) is 12.1 Å². The Bertz CT molecular complexity index is 1050. The maximum absolute atomic E-state index is 12.9. The number of nitrogens with zero attached hydrogens (tertiary/aromatic N) is 3. The van der Waals surface area contributed by atoms with Gasteiger partial charge in [0.15, 0.2) is 0 Å². The zero-order chi connectivity index (χ0) is 22.1. The van der Waals surface area contributed by atoms with Crippen molar-refractivity contribution in [3.05, 3.63) is 47.2 Å². The number of hydrogen-bond donors (Lipinski definition) is 2. The number of methoxy groups -OCH3 is 1. The number of carbonyl (C=O) groups excluding carboxylic acids is 3. The average molecular weight is 423 g/mol. The second kappa shape index (κ2) is 8.25. The topological polar surface area (TPSA) is 118 Å². The van der Waals surface area contributed by atoms with Crippen molar-refractivity contribution >= 4 is 29.2 Å². The third-order valence-corrected chi connectivity index (χ3v) is 5.80. The van der Waals surface area contributed by atoms with Crippen LogP contribution in [-0.4, -0.2) is 59.8 Å². The molecule has 0 spiro atoms. The fourth-order valence-corrected chi connectivity index (χ4v) is 4.08. The van der Waals surface area contributed by atoms with Crippen LogP contribution in [0.3, 0.4) is 0 Å². The Kier molecular flexibility index (Phi) is 5.50. The molecule has 1 fully saturated rings. The van der Waals surface area contributed by atoms with Crippen molar-refractivity contribution in [3.63, 3.8) is 0 Å². The lowest BCUT2D eigenvalue weighted by molar-refractivity contribution is -0.136. The van der Waals surface area contributed by atoms with E-state index >= 15 is 0 Å². The number of para-hydroxylation sites is 2. The lowest BCUT2D eigenvalue weighted by atomic mass is 10.00. The zero-order valence-corrected chi connectivity index (χ0v) is 17.6. The number of nitrogen functional groups attached to an aromatic ring is 1. The highest BCUT2D eigenvalue weighted by Crippen LogP contribution is 2.28. The van der Waals surface area contributed by atoms with Gasteiger partial charge in [-0.15, -0.1) is 0 Å². The maximum atomic E-state index is 12.9. The number of pyridine rings is 1. The number of benzene rings is 1. The van der Waals surface area contributed by atoms with Crippen LogP contribution in [0.25, 0.3) is 0 Å². The third-order valence-electron chi connectivity index (χ3n) is 5.80. The lowest BCUT2D eigenvalue weighted by Gasteiger charge is -2.30. The number of nitrogens with one attached hydrogen (secondary N) is 1. The molecular weight excluding hydrogens is 398 g/mol. The van der Waals surface area contributed by atoms with Crippen molar-refractivity contribution in [2.24, 2.45) is 5.92 Å². The molecule has 0 radical (unpaired) electrons. The number of fused-ring (bicyclic) bond motifs is 1. The Morgan fingerprint density at radius 2 is 2.06 bits per heavy atom. The van der Waals surface area contributed by atoms with Gasteiger partial charge in [-0.05, 0) is 23.8 Å². The molecule has 3 N–H and O–H groups in total. The number of carbonyl (C=O) groups is 3. The van der Waals surface area contributed by atoms with Crippen LogP contribution in [-0.2, 0) is 22.6 Å². The quantitative estimate of drug-likeness (QED) is 0.765. The summed E-state index contributed by atoms with van der Waals surface area (Å²) in [5.74, 6) is -0.0966. The van der Waals surface area contributed by atoms with Gasteiger partial charge in [0.25, 0.3) is 5.91 Å². The van der Waals surface area contributed by atoms with Gasteiger partial charge in [0.1, 0.15) is 11.6 Å². The van der Waals surface area contributed by atoms with Crippen LogP contribution in [0.5, 0.6) is 5.75 Å². The van der Waals surface area contributed by atoms with Gasteiger partial charge in [0, 0.05) is 45.2 Å². The van der Waals surface area contributed by atoms with E-state index in [0.29, 0.717) is 37.5 Å². The summed E-state index contributed by atoms with van der Waals surface area (Å²) in [6.07, 6.45) is 0.793. The van der Waals surface area contributed by atoms with Gasteiger partial charge in [0.2, 0.25) is 11.8 Å². The van der Waals surface area contributed by atoms with Gasteiger partial charge in [0.05, 0.1) is 24.3 Å². The highest BCUT2D eigenvalue weighted by Gasteiger charge is 2.36. The second-order valence-corrected chi connectivity index (χ2v) is 7.87. The number of amides is 3. The first-order valence-electron chi connectivity index (χ1n) is 10.1. The molecule has 3 amide bonds. The van der Waals surface area contributed by atoms with Crippen molar-refractivity contribution in [2.75, 3.05) is 38.3 Å². The number of likely N-dealkylation sites (tertiary alicyclic amines) is 1. The van der Waals surface area contributed by atoms with E-state index in [1.807, 2.05) is 6.07 Å². The van der Waals surface area contributed by atoms with Crippen LogP contribution in [0.15, 0.2) is 30.3 Å². The van der Waals surface area contributed by atoms with Crippen LogP contribution < -0.4 is 15.8 Å². The number of nitrogens with two attached hydrogens (primary N) is 1. The Morgan fingerprint density at radius 3 is 2.77 bits per heavy atom. The van der Waals surface area contributed by atoms with Gasteiger partial charge >= 0.3 is 0 Å². The zero-order valence-electron chi connectivity index (χ0n) is 17.6. The molecular formula is C22H25N5O4. The summed E-state index contributed by atoms with van der Waals surface area (Å²) in [4.78, 5) is 45.3. The summed E-state index contributed by atoms with van der Waals surface area (Å²) in [5.41, 5.74) is 8.42. The van der Waals surface area contributed by atoms with Gasteiger partial charge in [-0.25, -0.2) is 4.98 Å². The second-order valence-electron chi connectivity index (χ2n) is 7.87. The number of hydrogen-bond acceptors (Lipinski definition) is 6. The Hall–Kier alpha value is -3.62. The number of aromatic nitrogens is 1. The summed E-state index contributed by atoms with van der Waals surface area (Å²) in [7, 11) is 3.24. The molecule has 0 bridgehead atoms. The largest absolute Gasteiger partial charge is 0.495 e. The normalized spacial score (nSPS) is 18.0. The first-order chi connectivity index (χ1) is 14.9. The molecule has 9 heteroatoms. The van der Waals surface area contributed by atoms with Gasteiger partial charge in [-0.3, -0.25) is 14.4 Å². The Morgan fingerprint density at radius 1 is 1.29 bits per heavy atom. The molecule has 1 aromatic heterocycles. The number of ether oxygens (including phenoxy) is 1. The minimum atomic E-state index is -0.399. The number of rotatable bonds is 4. The Balaban J connectivity index is 1.53. The van der Waals surface area contributed by atoms with Crippen LogP contribution in [0.1, 0.15) is 28.0 Å². The molecule has 9 nitrogen and oxygen atoms in total. The molecule has 1 aromatic carbocycles. The van der Waals surface area contributed by atoms with E-state index in [1.165, 1.54) is 7.11 Å². The monoisotopic (exact) mass is 423 g/mol. The summed E-state index contributed by atoms with van der Waals surface area (Å²) >= 11 is 0. The van der Waals surface area contributed by atoms with Crippen molar-refractivity contribution < 1.29 is 19.1 Å². The van der Waals surface area contributed by atoms with Crippen LogP contribution in [0.4, 0.5) is 11.5 Å². The van der Waals surface area contributed by atoms with Crippen LogP contribution in [0.2, 0.25) is 0 Å². The number of anilines is 2. The first kappa shape index (κ1) is 20.6. The summed E-state index contributed by atoms with van der Waals surface area (Å²) in [6.45, 7) is 1.29. The van der Waals surface area contributed by atoms with E-state index in [9.17, 15) is 14.4 Å². The maximum Gasteiger partial charge on any atom is 0.259 e. The van der Waals surface area contributed by atoms with Gasteiger partial charge in [-0.2, -0.15) is 0 Å². The molecule has 4 rings (SSSR count). The van der Waals surface area contributed by atoms with Crippen LogP contribution in [0, 0.1) is 5.92 Å². The highest BCUT2D eigenvalue weighted by atomic mass is 16.5. The lowest BCUT2D eigenvalue weighted by Crippen LogP contribution is -2.41. The minimum Gasteiger partial charge on any atom is -0.495 e. The standard InChI is InChI=1S/C22H25N5O4/c1-26-11-14(10-19(26)28)22(30)27-8-7-16-13(12-27)9-15(20(23)24-16)21(29)25-17-5-3-4-6-18(17)31-2/h3-6,9,14H,7-8,10-12H2,1-2H3,(H2,23,24)(H,25,29)/t14-/m1/s1. The molecule has 162 valence electrons. The smallest absolute Gasteiger partial charge is 0.259 e. The SMILES string of the molecule is COc1ccccc1NC(=O)c1cc2c(nc1N)CCN(C(=O)[C@@H]1CC(=O)N(C)C1)C2.